The number of thiazole rings is 1. The van der Waals surface area contributed by atoms with Crippen LogP contribution in [0.25, 0.3) is 0 Å². The molecule has 226 valence electrons. The lowest BCUT2D eigenvalue weighted by Crippen LogP contribution is -2.50. The zero-order valence-electron chi connectivity index (χ0n) is 25.1. The van der Waals surface area contributed by atoms with Gasteiger partial charge in [0.1, 0.15) is 5.60 Å². The van der Waals surface area contributed by atoms with Crippen LogP contribution in [0.4, 0.5) is 9.93 Å². The largest absolute Gasteiger partial charge is 0.444 e. The number of aromatic nitrogens is 1. The summed E-state index contributed by atoms with van der Waals surface area (Å²) in [6.07, 6.45) is 3.56. The van der Waals surface area contributed by atoms with Crippen LogP contribution in [0.1, 0.15) is 61.2 Å². The van der Waals surface area contributed by atoms with E-state index in [0.717, 1.165) is 20.9 Å². The van der Waals surface area contributed by atoms with Crippen molar-refractivity contribution in [2.45, 2.75) is 63.5 Å². The van der Waals surface area contributed by atoms with Gasteiger partial charge in [-0.25, -0.2) is 9.78 Å². The molecule has 0 radical (unpaired) electrons. The number of carbonyl (C=O) groups excluding carboxylic acids is 4. The van der Waals surface area contributed by atoms with Gasteiger partial charge in [-0.3, -0.25) is 19.7 Å². The molecule has 1 aromatic carbocycles. The van der Waals surface area contributed by atoms with Gasteiger partial charge in [-0.1, -0.05) is 23.5 Å². The molecule has 1 fully saturated rings. The second-order valence-corrected chi connectivity index (χ2v) is 13.8. The number of aryl methyl sites for hydroxylation is 1. The lowest BCUT2D eigenvalue weighted by molar-refractivity contribution is -0.130. The Bertz CT molecular complexity index is 1390. The summed E-state index contributed by atoms with van der Waals surface area (Å²) in [5.74, 6) is 0.475. The Morgan fingerprint density at radius 2 is 1.71 bits per heavy atom. The Kier molecular flexibility index (Phi) is 9.98. The van der Waals surface area contributed by atoms with Crippen molar-refractivity contribution in [3.8, 4) is 0 Å². The summed E-state index contributed by atoms with van der Waals surface area (Å²) >= 11 is 3.00. The number of amides is 4. The Morgan fingerprint density at radius 1 is 1.02 bits per heavy atom. The van der Waals surface area contributed by atoms with Gasteiger partial charge < -0.3 is 19.4 Å². The minimum Gasteiger partial charge on any atom is -0.444 e. The predicted molar refractivity (Wildman–Crippen MR) is 165 cm³/mol. The SMILES string of the molecule is CC(=O)N1CCN(C(=O)c2cc(CSc3cnc(NC(=O)C4=CCN(C(=O)OC(C)(C)C)CC4)s3)cc(C)c2C)CC1. The molecule has 12 heteroatoms. The number of anilines is 1. The van der Waals surface area contributed by atoms with Crippen molar-refractivity contribution in [2.24, 2.45) is 0 Å². The number of nitrogens with zero attached hydrogens (tertiary/aromatic N) is 4. The molecule has 4 rings (SSSR count). The smallest absolute Gasteiger partial charge is 0.410 e. The number of hydrogen-bond acceptors (Lipinski definition) is 8. The Hall–Kier alpha value is -3.38. The summed E-state index contributed by atoms with van der Waals surface area (Å²) in [7, 11) is 0. The van der Waals surface area contributed by atoms with Crippen molar-refractivity contribution >= 4 is 52.0 Å². The summed E-state index contributed by atoms with van der Waals surface area (Å²) in [5, 5.41) is 3.39. The normalized spacial score (nSPS) is 15.8. The van der Waals surface area contributed by atoms with Crippen LogP contribution in [0.3, 0.4) is 0 Å². The topological polar surface area (TPSA) is 112 Å². The summed E-state index contributed by atoms with van der Waals surface area (Å²) < 4.78 is 6.36. The highest BCUT2D eigenvalue weighted by atomic mass is 32.2. The van der Waals surface area contributed by atoms with Crippen molar-refractivity contribution in [1.29, 1.82) is 0 Å². The highest BCUT2D eigenvalue weighted by Gasteiger charge is 2.26. The second kappa shape index (κ2) is 13.3. The number of ether oxygens (including phenoxy) is 1. The van der Waals surface area contributed by atoms with Gasteiger partial charge in [-0.2, -0.15) is 0 Å². The fraction of sp³-hybridized carbons (Fsp3) is 0.500. The first-order valence-electron chi connectivity index (χ1n) is 14.0. The summed E-state index contributed by atoms with van der Waals surface area (Å²) in [4.78, 5) is 59.6. The average Bonchev–Trinajstić information content (AvgIpc) is 3.39. The van der Waals surface area contributed by atoms with E-state index in [4.69, 9.17) is 4.74 Å². The molecular formula is C30H39N5O5S2. The molecule has 0 spiro atoms. The van der Waals surface area contributed by atoms with Crippen LogP contribution in [0.2, 0.25) is 0 Å². The number of carbonyl (C=O) groups is 4. The highest BCUT2D eigenvalue weighted by molar-refractivity contribution is 8.00. The first-order chi connectivity index (χ1) is 19.8. The quantitative estimate of drug-likeness (QED) is 0.463. The van der Waals surface area contributed by atoms with Crippen molar-refractivity contribution in [2.75, 3.05) is 44.6 Å². The number of piperazine rings is 1. The molecule has 10 nitrogen and oxygen atoms in total. The number of rotatable bonds is 6. The van der Waals surface area contributed by atoms with Gasteiger partial charge in [0.05, 0.1) is 10.4 Å². The molecule has 2 aromatic rings. The molecule has 2 aliphatic heterocycles. The van der Waals surface area contributed by atoms with Crippen molar-refractivity contribution in [3.63, 3.8) is 0 Å². The van der Waals surface area contributed by atoms with E-state index in [1.165, 1.54) is 11.3 Å². The summed E-state index contributed by atoms with van der Waals surface area (Å²) in [6.45, 7) is 13.9. The Morgan fingerprint density at radius 3 is 2.33 bits per heavy atom. The van der Waals surface area contributed by atoms with Gasteiger partial charge in [0.15, 0.2) is 5.13 Å². The lowest BCUT2D eigenvalue weighted by atomic mass is 9.99. The standard InChI is InChI=1S/C30H39N5O5S2/c1-19-15-22(16-24(20(19)2)27(38)34-13-11-33(12-14-34)21(3)36)18-41-25-17-31-28(42-25)32-26(37)23-7-9-35(10-8-23)29(39)40-30(4,5)6/h7,15-17H,8-14,18H2,1-6H3,(H,31,32,37). The molecule has 0 atom stereocenters. The van der Waals surface area contributed by atoms with Gasteiger partial charge in [-0.05, 0) is 63.8 Å². The van der Waals surface area contributed by atoms with E-state index in [2.05, 4.69) is 16.4 Å². The van der Waals surface area contributed by atoms with Crippen molar-refractivity contribution in [3.05, 3.63) is 52.2 Å². The predicted octanol–water partition coefficient (Wildman–Crippen LogP) is 4.86. The summed E-state index contributed by atoms with van der Waals surface area (Å²) in [5.41, 5.74) is 3.82. The third-order valence-corrected chi connectivity index (χ3v) is 9.39. The Labute approximate surface area is 255 Å². The maximum Gasteiger partial charge on any atom is 0.410 e. The molecule has 0 aliphatic carbocycles. The van der Waals surface area contributed by atoms with Crippen LogP contribution < -0.4 is 5.32 Å². The fourth-order valence-corrected chi connectivity index (χ4v) is 6.51. The molecule has 0 saturated carbocycles. The number of benzene rings is 1. The molecule has 1 aromatic heterocycles. The lowest BCUT2D eigenvalue weighted by Gasteiger charge is -2.34. The van der Waals surface area contributed by atoms with Gasteiger partial charge in [0, 0.05) is 63.1 Å². The molecule has 1 saturated heterocycles. The van der Waals surface area contributed by atoms with Crippen LogP contribution in [-0.2, 0) is 20.1 Å². The van der Waals surface area contributed by atoms with E-state index in [9.17, 15) is 19.2 Å². The molecule has 2 aliphatic rings. The molecule has 0 bridgehead atoms. The monoisotopic (exact) mass is 613 g/mol. The van der Waals surface area contributed by atoms with Crippen LogP contribution in [0.5, 0.6) is 0 Å². The number of thioether (sulfide) groups is 1. The zero-order chi connectivity index (χ0) is 30.6. The highest BCUT2D eigenvalue weighted by Crippen LogP contribution is 2.32. The zero-order valence-corrected chi connectivity index (χ0v) is 26.7. The molecule has 1 N–H and O–H groups in total. The fourth-order valence-electron chi connectivity index (χ4n) is 4.72. The van der Waals surface area contributed by atoms with Gasteiger partial charge in [-0.15, -0.1) is 11.8 Å². The van der Waals surface area contributed by atoms with Crippen molar-refractivity contribution < 1.29 is 23.9 Å². The van der Waals surface area contributed by atoms with E-state index >= 15 is 0 Å². The minimum atomic E-state index is -0.565. The first-order valence-corrected chi connectivity index (χ1v) is 15.8. The third kappa shape index (κ3) is 8.13. The average molecular weight is 614 g/mol. The van der Waals surface area contributed by atoms with Gasteiger partial charge in [0.25, 0.3) is 11.8 Å². The molecule has 3 heterocycles. The van der Waals surface area contributed by atoms with Crippen LogP contribution in [0.15, 0.2) is 34.2 Å². The molecule has 4 amide bonds. The Balaban J connectivity index is 1.32. The van der Waals surface area contributed by atoms with E-state index in [1.54, 1.807) is 40.8 Å². The molecule has 42 heavy (non-hydrogen) atoms. The molecule has 0 unspecified atom stereocenters. The minimum absolute atomic E-state index is 0.000302. The summed E-state index contributed by atoms with van der Waals surface area (Å²) in [6, 6.07) is 4.07. The van der Waals surface area contributed by atoms with E-state index in [0.29, 0.717) is 67.7 Å². The maximum atomic E-state index is 13.4. The second-order valence-electron chi connectivity index (χ2n) is 11.5. The van der Waals surface area contributed by atoms with Crippen LogP contribution in [0, 0.1) is 13.8 Å². The maximum absolute atomic E-state index is 13.4. The van der Waals surface area contributed by atoms with Gasteiger partial charge >= 0.3 is 6.09 Å². The number of hydrogen-bond donors (Lipinski definition) is 1. The third-order valence-electron chi connectivity index (χ3n) is 7.21. The van der Waals surface area contributed by atoms with Gasteiger partial charge in [0.2, 0.25) is 5.91 Å². The van der Waals surface area contributed by atoms with Crippen molar-refractivity contribution in [1.82, 2.24) is 19.7 Å². The van der Waals surface area contributed by atoms with E-state index < -0.39 is 5.60 Å². The number of nitrogens with one attached hydrogen (secondary N) is 1. The van der Waals surface area contributed by atoms with Crippen LogP contribution in [-0.4, -0.2) is 88.4 Å². The molecular weight excluding hydrogens is 574 g/mol. The van der Waals surface area contributed by atoms with Crippen LogP contribution >= 0.6 is 23.1 Å². The first kappa shape index (κ1) is 31.6. The van der Waals surface area contributed by atoms with E-state index in [-0.39, 0.29) is 23.8 Å². The van der Waals surface area contributed by atoms with E-state index in [1.807, 2.05) is 45.6 Å².